The van der Waals surface area contributed by atoms with Crippen molar-refractivity contribution in [1.82, 2.24) is 4.90 Å². The summed E-state index contributed by atoms with van der Waals surface area (Å²) in [6.07, 6.45) is 0.0266. The van der Waals surface area contributed by atoms with Crippen molar-refractivity contribution in [1.29, 1.82) is 0 Å². The maximum Gasteiger partial charge on any atom is 0.331 e. The second kappa shape index (κ2) is 7.08. The molecule has 19 heavy (non-hydrogen) atoms. The van der Waals surface area contributed by atoms with E-state index in [1.165, 1.54) is 12.0 Å². The number of hydrogen-bond acceptors (Lipinski definition) is 5. The number of amides is 1. The molecule has 108 valence electrons. The fraction of sp³-hybridized carbons (Fsp3) is 0.750. The lowest BCUT2D eigenvalue weighted by molar-refractivity contribution is -0.161. The van der Waals surface area contributed by atoms with Crippen LogP contribution in [0.2, 0.25) is 0 Å². The average molecular weight is 273 g/mol. The zero-order valence-corrected chi connectivity index (χ0v) is 11.1. The lowest BCUT2D eigenvalue weighted by atomic mass is 10.0. The molecule has 0 bridgehead atoms. The van der Waals surface area contributed by atoms with E-state index in [1.54, 1.807) is 6.92 Å². The van der Waals surface area contributed by atoms with Crippen LogP contribution in [0.1, 0.15) is 19.8 Å². The second-order valence-corrected chi connectivity index (χ2v) is 4.61. The molecule has 0 radical (unpaired) electrons. The van der Waals surface area contributed by atoms with Crippen molar-refractivity contribution in [3.8, 4) is 0 Å². The molecule has 2 atom stereocenters. The Morgan fingerprint density at radius 1 is 1.42 bits per heavy atom. The Morgan fingerprint density at radius 2 is 2.11 bits per heavy atom. The fourth-order valence-electron chi connectivity index (χ4n) is 2.02. The Labute approximate surface area is 111 Å². The first-order chi connectivity index (χ1) is 8.95. The molecule has 1 heterocycles. The SMILES string of the molecule is COC(=O)C1COCCN1C(=O)CC(C)CC(=O)O. The molecule has 1 N–H and O–H groups in total. The van der Waals surface area contributed by atoms with E-state index >= 15 is 0 Å². The van der Waals surface area contributed by atoms with Crippen molar-refractivity contribution in [3.05, 3.63) is 0 Å². The Morgan fingerprint density at radius 3 is 2.68 bits per heavy atom. The van der Waals surface area contributed by atoms with Gasteiger partial charge in [-0.15, -0.1) is 0 Å². The van der Waals surface area contributed by atoms with Crippen molar-refractivity contribution in [2.45, 2.75) is 25.8 Å². The number of rotatable bonds is 5. The summed E-state index contributed by atoms with van der Waals surface area (Å²) in [5, 5.41) is 8.67. The van der Waals surface area contributed by atoms with E-state index in [-0.39, 0.29) is 31.3 Å². The highest BCUT2D eigenvalue weighted by atomic mass is 16.5. The van der Waals surface area contributed by atoms with Crippen molar-refractivity contribution in [3.63, 3.8) is 0 Å². The quantitative estimate of drug-likeness (QED) is 0.702. The zero-order chi connectivity index (χ0) is 14.4. The largest absolute Gasteiger partial charge is 0.481 e. The molecule has 1 aliphatic rings. The number of carboxylic acids is 1. The number of aliphatic carboxylic acids is 1. The van der Waals surface area contributed by atoms with E-state index in [2.05, 4.69) is 4.74 Å². The standard InChI is InChI=1S/C12H19NO6/c1-8(6-11(15)16)5-10(14)13-3-4-19-7-9(13)12(17)18-2/h8-9H,3-7H2,1-2H3,(H,15,16). The Bertz CT molecular complexity index is 356. The van der Waals surface area contributed by atoms with E-state index in [0.717, 1.165) is 0 Å². The van der Waals surface area contributed by atoms with E-state index in [1.807, 2.05) is 0 Å². The van der Waals surface area contributed by atoms with Gasteiger partial charge in [0, 0.05) is 19.4 Å². The number of hydrogen-bond donors (Lipinski definition) is 1. The van der Waals surface area contributed by atoms with Gasteiger partial charge in [0.05, 0.1) is 20.3 Å². The van der Waals surface area contributed by atoms with Gasteiger partial charge in [0.15, 0.2) is 6.04 Å². The third kappa shape index (κ3) is 4.51. The first-order valence-electron chi connectivity index (χ1n) is 6.12. The third-order valence-electron chi connectivity index (χ3n) is 2.97. The van der Waals surface area contributed by atoms with Crippen LogP contribution in [0.15, 0.2) is 0 Å². The normalized spacial score (nSPS) is 20.7. The molecular weight excluding hydrogens is 254 g/mol. The molecule has 0 spiro atoms. The summed E-state index contributed by atoms with van der Waals surface area (Å²) in [6, 6.07) is -0.733. The Hall–Kier alpha value is -1.63. The molecule has 1 saturated heterocycles. The molecular formula is C12H19NO6. The van der Waals surface area contributed by atoms with Crippen LogP contribution >= 0.6 is 0 Å². The number of methoxy groups -OCH3 is 1. The number of carbonyl (C=O) groups is 3. The number of morpholine rings is 1. The van der Waals surface area contributed by atoms with Gasteiger partial charge in [0.2, 0.25) is 5.91 Å². The minimum Gasteiger partial charge on any atom is -0.481 e. The summed E-state index contributed by atoms with van der Waals surface area (Å²) in [5.41, 5.74) is 0. The topological polar surface area (TPSA) is 93.1 Å². The van der Waals surface area contributed by atoms with Gasteiger partial charge >= 0.3 is 11.9 Å². The lowest BCUT2D eigenvalue weighted by Crippen LogP contribution is -2.53. The second-order valence-electron chi connectivity index (χ2n) is 4.61. The molecule has 1 rings (SSSR count). The number of ether oxygens (including phenoxy) is 2. The molecule has 2 unspecified atom stereocenters. The number of carboxylic acid groups (broad SMARTS) is 1. The van der Waals surface area contributed by atoms with Crippen LogP contribution in [0.3, 0.4) is 0 Å². The van der Waals surface area contributed by atoms with Gasteiger partial charge < -0.3 is 19.5 Å². The first kappa shape index (κ1) is 15.4. The maximum atomic E-state index is 12.1. The highest BCUT2D eigenvalue weighted by Gasteiger charge is 2.34. The van der Waals surface area contributed by atoms with Gasteiger partial charge in [0.1, 0.15) is 0 Å². The van der Waals surface area contributed by atoms with Crippen LogP contribution in [-0.4, -0.2) is 60.8 Å². The molecule has 7 nitrogen and oxygen atoms in total. The molecule has 1 amide bonds. The highest BCUT2D eigenvalue weighted by molar-refractivity contribution is 5.85. The number of carbonyl (C=O) groups excluding carboxylic acids is 2. The summed E-state index contributed by atoms with van der Waals surface area (Å²) in [7, 11) is 1.26. The first-order valence-corrected chi connectivity index (χ1v) is 6.12. The molecule has 1 fully saturated rings. The number of esters is 1. The van der Waals surface area contributed by atoms with Crippen molar-refractivity contribution in [2.24, 2.45) is 5.92 Å². The molecule has 0 aromatic carbocycles. The van der Waals surface area contributed by atoms with Gasteiger partial charge in [-0.2, -0.15) is 0 Å². The van der Waals surface area contributed by atoms with Crippen molar-refractivity contribution in [2.75, 3.05) is 26.9 Å². The van der Waals surface area contributed by atoms with Gasteiger partial charge in [-0.3, -0.25) is 9.59 Å². The highest BCUT2D eigenvalue weighted by Crippen LogP contribution is 2.15. The summed E-state index contributed by atoms with van der Waals surface area (Å²) in [5.74, 6) is -1.97. The van der Waals surface area contributed by atoms with Crippen LogP contribution in [0, 0.1) is 5.92 Å². The summed E-state index contributed by atoms with van der Waals surface area (Å²) in [4.78, 5) is 35.6. The van der Waals surface area contributed by atoms with E-state index in [0.29, 0.717) is 13.2 Å². The van der Waals surface area contributed by atoms with Crippen LogP contribution in [0.4, 0.5) is 0 Å². The molecule has 7 heteroatoms. The van der Waals surface area contributed by atoms with Gasteiger partial charge in [0.25, 0.3) is 0 Å². The monoisotopic (exact) mass is 273 g/mol. The average Bonchev–Trinajstić information content (AvgIpc) is 2.36. The minimum absolute atomic E-state index is 0.0705. The molecule has 1 aliphatic heterocycles. The minimum atomic E-state index is -0.938. The van der Waals surface area contributed by atoms with E-state index < -0.39 is 18.0 Å². The molecule has 0 saturated carbocycles. The lowest BCUT2D eigenvalue weighted by Gasteiger charge is -2.34. The van der Waals surface area contributed by atoms with Gasteiger partial charge in [-0.25, -0.2) is 4.79 Å². The fourth-order valence-corrected chi connectivity index (χ4v) is 2.02. The maximum absolute atomic E-state index is 12.1. The van der Waals surface area contributed by atoms with Crippen LogP contribution in [-0.2, 0) is 23.9 Å². The Kier molecular flexibility index (Phi) is 5.75. The zero-order valence-electron chi connectivity index (χ0n) is 11.1. The molecule has 0 aromatic rings. The van der Waals surface area contributed by atoms with Gasteiger partial charge in [-0.1, -0.05) is 6.92 Å². The number of nitrogens with zero attached hydrogens (tertiary/aromatic N) is 1. The predicted octanol–water partition coefficient (Wildman–Crippen LogP) is -0.112. The van der Waals surface area contributed by atoms with Gasteiger partial charge in [-0.05, 0) is 5.92 Å². The predicted molar refractivity (Wildman–Crippen MR) is 64.4 cm³/mol. The smallest absolute Gasteiger partial charge is 0.331 e. The summed E-state index contributed by atoms with van der Waals surface area (Å²) in [6.45, 7) is 2.50. The third-order valence-corrected chi connectivity index (χ3v) is 2.97. The van der Waals surface area contributed by atoms with Crippen LogP contribution in [0.25, 0.3) is 0 Å². The summed E-state index contributed by atoms with van der Waals surface area (Å²) < 4.78 is 9.80. The van der Waals surface area contributed by atoms with Crippen LogP contribution < -0.4 is 0 Å². The molecule has 0 aliphatic carbocycles. The van der Waals surface area contributed by atoms with Crippen LogP contribution in [0.5, 0.6) is 0 Å². The van der Waals surface area contributed by atoms with Crippen molar-refractivity contribution < 1.29 is 29.0 Å². The van der Waals surface area contributed by atoms with Crippen molar-refractivity contribution >= 4 is 17.8 Å². The Balaban J connectivity index is 2.61. The summed E-state index contributed by atoms with van der Waals surface area (Å²) >= 11 is 0. The van der Waals surface area contributed by atoms with E-state index in [9.17, 15) is 14.4 Å². The molecule has 0 aromatic heterocycles. The van der Waals surface area contributed by atoms with E-state index in [4.69, 9.17) is 9.84 Å².